The highest BCUT2D eigenvalue weighted by atomic mass is 16.3. The maximum atomic E-state index is 9.71. The van der Waals surface area contributed by atoms with Crippen molar-refractivity contribution in [3.8, 4) is 0 Å². The molecule has 0 aliphatic carbocycles. The molecular formula is C9H17N3O. The quantitative estimate of drug-likeness (QED) is 0.646. The van der Waals surface area contributed by atoms with E-state index in [9.17, 15) is 5.11 Å². The molecule has 13 heavy (non-hydrogen) atoms. The number of imidazole rings is 1. The summed E-state index contributed by atoms with van der Waals surface area (Å²) in [4.78, 5) is 6.81. The van der Waals surface area contributed by atoms with E-state index in [1.807, 2.05) is 0 Å². The number of H-pyrrole nitrogens is 1. The van der Waals surface area contributed by atoms with Crippen LogP contribution in [0.1, 0.15) is 32.2 Å². The molecule has 0 spiro atoms. The Labute approximate surface area is 78.2 Å². The van der Waals surface area contributed by atoms with Gasteiger partial charge in [-0.15, -0.1) is 0 Å². The highest BCUT2D eigenvalue weighted by Gasteiger charge is 2.19. The average molecular weight is 183 g/mol. The van der Waals surface area contributed by atoms with Gasteiger partial charge in [-0.2, -0.15) is 0 Å². The van der Waals surface area contributed by atoms with Crippen molar-refractivity contribution in [3.05, 3.63) is 18.2 Å². The van der Waals surface area contributed by atoms with Crippen LogP contribution in [0.25, 0.3) is 0 Å². The van der Waals surface area contributed by atoms with Gasteiger partial charge in [0.15, 0.2) is 0 Å². The fraction of sp³-hybridized carbons (Fsp3) is 0.667. The molecule has 0 aliphatic heterocycles. The van der Waals surface area contributed by atoms with Gasteiger partial charge in [0.25, 0.3) is 0 Å². The molecule has 4 heteroatoms. The van der Waals surface area contributed by atoms with Gasteiger partial charge in [-0.25, -0.2) is 4.98 Å². The zero-order chi connectivity index (χ0) is 9.84. The van der Waals surface area contributed by atoms with Crippen LogP contribution in [0.4, 0.5) is 0 Å². The molecule has 4 nitrogen and oxygen atoms in total. The third-order valence-corrected chi connectivity index (χ3v) is 1.95. The number of hydrogen-bond acceptors (Lipinski definition) is 3. The second-order valence-electron chi connectivity index (χ2n) is 3.71. The van der Waals surface area contributed by atoms with Crippen LogP contribution >= 0.6 is 0 Å². The lowest BCUT2D eigenvalue weighted by Crippen LogP contribution is -2.30. The SMILES string of the molecule is CC(C)CC(N)C(O)c1ncc[nH]1. The van der Waals surface area contributed by atoms with Gasteiger partial charge in [0.2, 0.25) is 0 Å². The lowest BCUT2D eigenvalue weighted by atomic mass is 10.00. The number of nitrogens with two attached hydrogens (primary N) is 1. The van der Waals surface area contributed by atoms with Gasteiger partial charge in [0.05, 0.1) is 0 Å². The topological polar surface area (TPSA) is 74.9 Å². The van der Waals surface area contributed by atoms with Crippen molar-refractivity contribution < 1.29 is 5.11 Å². The average Bonchev–Trinajstić information content (AvgIpc) is 2.53. The van der Waals surface area contributed by atoms with E-state index in [4.69, 9.17) is 5.73 Å². The number of nitrogens with zero attached hydrogens (tertiary/aromatic N) is 1. The highest BCUT2D eigenvalue weighted by Crippen LogP contribution is 2.16. The van der Waals surface area contributed by atoms with Crippen molar-refractivity contribution in [2.24, 2.45) is 11.7 Å². The molecule has 0 aromatic carbocycles. The van der Waals surface area contributed by atoms with Gasteiger partial charge in [0, 0.05) is 18.4 Å². The molecule has 1 aromatic heterocycles. The second kappa shape index (κ2) is 4.39. The van der Waals surface area contributed by atoms with Crippen LogP contribution in [-0.4, -0.2) is 21.1 Å². The molecule has 0 bridgehead atoms. The van der Waals surface area contributed by atoms with Crippen LogP contribution in [0.5, 0.6) is 0 Å². The summed E-state index contributed by atoms with van der Waals surface area (Å²) in [7, 11) is 0. The number of aliphatic hydroxyl groups is 1. The summed E-state index contributed by atoms with van der Waals surface area (Å²) in [6, 6.07) is -0.244. The fourth-order valence-corrected chi connectivity index (χ4v) is 1.32. The van der Waals surface area contributed by atoms with Crippen molar-refractivity contribution >= 4 is 0 Å². The Morgan fingerprint density at radius 2 is 2.31 bits per heavy atom. The normalized spacial score (nSPS) is 16.1. The molecular weight excluding hydrogens is 166 g/mol. The number of aromatic nitrogens is 2. The Balaban J connectivity index is 2.52. The molecule has 1 aromatic rings. The van der Waals surface area contributed by atoms with E-state index in [0.717, 1.165) is 6.42 Å². The van der Waals surface area contributed by atoms with E-state index < -0.39 is 6.10 Å². The monoisotopic (exact) mass is 183 g/mol. The summed E-state index contributed by atoms with van der Waals surface area (Å²) in [6.07, 6.45) is 3.40. The molecule has 0 saturated carbocycles. The number of aliphatic hydroxyl groups excluding tert-OH is 1. The smallest absolute Gasteiger partial charge is 0.136 e. The lowest BCUT2D eigenvalue weighted by molar-refractivity contribution is 0.128. The largest absolute Gasteiger partial charge is 0.384 e. The number of rotatable bonds is 4. The van der Waals surface area contributed by atoms with E-state index in [1.54, 1.807) is 12.4 Å². The molecule has 2 unspecified atom stereocenters. The first-order valence-electron chi connectivity index (χ1n) is 4.54. The molecule has 0 fully saturated rings. The zero-order valence-electron chi connectivity index (χ0n) is 8.07. The minimum atomic E-state index is -0.683. The van der Waals surface area contributed by atoms with Gasteiger partial charge in [-0.3, -0.25) is 0 Å². The van der Waals surface area contributed by atoms with Gasteiger partial charge in [-0.05, 0) is 12.3 Å². The Morgan fingerprint density at radius 3 is 2.77 bits per heavy atom. The van der Waals surface area contributed by atoms with Gasteiger partial charge < -0.3 is 15.8 Å². The van der Waals surface area contributed by atoms with E-state index in [0.29, 0.717) is 11.7 Å². The third kappa shape index (κ3) is 2.82. The van der Waals surface area contributed by atoms with E-state index in [1.165, 1.54) is 0 Å². The Bertz CT molecular complexity index is 233. The molecule has 0 amide bonds. The molecule has 74 valence electrons. The third-order valence-electron chi connectivity index (χ3n) is 1.95. The van der Waals surface area contributed by atoms with Crippen LogP contribution in [0.15, 0.2) is 12.4 Å². The first-order valence-corrected chi connectivity index (χ1v) is 4.54. The Kier molecular flexibility index (Phi) is 3.45. The van der Waals surface area contributed by atoms with Crippen molar-refractivity contribution in [1.29, 1.82) is 0 Å². The number of nitrogens with one attached hydrogen (secondary N) is 1. The van der Waals surface area contributed by atoms with Crippen LogP contribution in [0.3, 0.4) is 0 Å². The van der Waals surface area contributed by atoms with Gasteiger partial charge >= 0.3 is 0 Å². The van der Waals surface area contributed by atoms with Gasteiger partial charge in [0.1, 0.15) is 11.9 Å². The van der Waals surface area contributed by atoms with Crippen LogP contribution < -0.4 is 5.73 Å². The predicted octanol–water partition coefficient (Wildman–Crippen LogP) is 0.817. The van der Waals surface area contributed by atoms with Crippen molar-refractivity contribution in [2.45, 2.75) is 32.4 Å². The van der Waals surface area contributed by atoms with Crippen LogP contribution in [0, 0.1) is 5.92 Å². The van der Waals surface area contributed by atoms with E-state index in [2.05, 4.69) is 23.8 Å². The summed E-state index contributed by atoms with van der Waals surface area (Å²) in [6.45, 7) is 4.16. The predicted molar refractivity (Wildman–Crippen MR) is 51.0 cm³/mol. The summed E-state index contributed by atoms with van der Waals surface area (Å²) in [5, 5.41) is 9.71. The molecule has 0 aliphatic rings. The molecule has 4 N–H and O–H groups in total. The summed E-state index contributed by atoms with van der Waals surface area (Å²) < 4.78 is 0. The summed E-state index contributed by atoms with van der Waals surface area (Å²) in [5.74, 6) is 1.03. The summed E-state index contributed by atoms with van der Waals surface area (Å²) in [5.41, 5.74) is 5.80. The first-order chi connectivity index (χ1) is 6.11. The van der Waals surface area contributed by atoms with Crippen molar-refractivity contribution in [1.82, 2.24) is 9.97 Å². The molecule has 1 rings (SSSR count). The van der Waals surface area contributed by atoms with Crippen molar-refractivity contribution in [3.63, 3.8) is 0 Å². The van der Waals surface area contributed by atoms with Crippen molar-refractivity contribution in [2.75, 3.05) is 0 Å². The molecule has 0 radical (unpaired) electrons. The first kappa shape index (κ1) is 10.2. The Hall–Kier alpha value is -0.870. The minimum absolute atomic E-state index is 0.244. The van der Waals surface area contributed by atoms with Gasteiger partial charge in [-0.1, -0.05) is 13.8 Å². The number of aromatic amines is 1. The van der Waals surface area contributed by atoms with E-state index in [-0.39, 0.29) is 6.04 Å². The van der Waals surface area contributed by atoms with Crippen LogP contribution in [0.2, 0.25) is 0 Å². The highest BCUT2D eigenvalue weighted by molar-refractivity contribution is 4.95. The molecule has 0 saturated heterocycles. The minimum Gasteiger partial charge on any atom is -0.384 e. The number of hydrogen-bond donors (Lipinski definition) is 3. The molecule has 2 atom stereocenters. The maximum Gasteiger partial charge on any atom is 0.136 e. The van der Waals surface area contributed by atoms with Crippen LogP contribution in [-0.2, 0) is 0 Å². The standard InChI is InChI=1S/C9H17N3O/c1-6(2)5-7(10)8(13)9-11-3-4-12-9/h3-4,6-8,13H,5,10H2,1-2H3,(H,11,12). The zero-order valence-corrected chi connectivity index (χ0v) is 8.07. The molecule has 1 heterocycles. The maximum absolute atomic E-state index is 9.71. The fourth-order valence-electron chi connectivity index (χ4n) is 1.32. The summed E-state index contributed by atoms with van der Waals surface area (Å²) >= 11 is 0. The Morgan fingerprint density at radius 1 is 1.62 bits per heavy atom. The van der Waals surface area contributed by atoms with E-state index >= 15 is 0 Å². The lowest BCUT2D eigenvalue weighted by Gasteiger charge is -2.18. The second-order valence-corrected chi connectivity index (χ2v) is 3.71.